The van der Waals surface area contributed by atoms with E-state index < -0.39 is 12.0 Å². The van der Waals surface area contributed by atoms with Gasteiger partial charge in [-0.2, -0.15) is 0 Å². The van der Waals surface area contributed by atoms with E-state index in [2.05, 4.69) is 24.1 Å². The number of nitrogens with one attached hydrogen (secondary N) is 1. The maximum Gasteiger partial charge on any atom is 0.328 e. The van der Waals surface area contributed by atoms with Crippen LogP contribution in [0.5, 0.6) is 0 Å². The minimum Gasteiger partial charge on any atom is -0.467 e. The van der Waals surface area contributed by atoms with Gasteiger partial charge in [0.05, 0.1) is 7.11 Å². The quantitative estimate of drug-likeness (QED) is 0.732. The Morgan fingerprint density at radius 2 is 2.00 bits per heavy atom. The van der Waals surface area contributed by atoms with Crippen LogP contribution in [0.15, 0.2) is 22.9 Å². The molecule has 130 valence electrons. The zero-order valence-electron chi connectivity index (χ0n) is 15.2. The predicted molar refractivity (Wildman–Crippen MR) is 91.7 cm³/mol. The Morgan fingerprint density at radius 1 is 1.35 bits per heavy atom. The number of carbonyl (C=O) groups excluding carboxylic acids is 2. The van der Waals surface area contributed by atoms with Gasteiger partial charge in [-0.05, 0) is 37.8 Å². The first-order chi connectivity index (χ1) is 10.8. The van der Waals surface area contributed by atoms with Crippen LogP contribution in [0.25, 0.3) is 0 Å². The molecule has 0 aromatic rings. The molecule has 0 fully saturated rings. The Labute approximate surface area is 139 Å². The minimum absolute atomic E-state index is 0.0230. The zero-order chi connectivity index (χ0) is 17.6. The van der Waals surface area contributed by atoms with Gasteiger partial charge in [-0.1, -0.05) is 27.2 Å². The van der Waals surface area contributed by atoms with Gasteiger partial charge in [0.25, 0.3) is 0 Å². The second kappa shape index (κ2) is 8.75. The molecular formula is C18H30N2O3. The number of allylic oxidation sites excluding steroid dienone is 3. The average molecular weight is 322 g/mol. The number of hydrogen-bond acceptors (Lipinski definition) is 4. The van der Waals surface area contributed by atoms with Crippen molar-refractivity contribution >= 4 is 11.9 Å². The molecule has 0 aliphatic carbocycles. The third-order valence-corrected chi connectivity index (χ3v) is 4.28. The molecule has 1 atom stereocenters. The van der Waals surface area contributed by atoms with E-state index in [-0.39, 0.29) is 11.8 Å². The molecule has 1 rings (SSSR count). The van der Waals surface area contributed by atoms with Crippen molar-refractivity contribution in [3.8, 4) is 0 Å². The van der Waals surface area contributed by atoms with Crippen molar-refractivity contribution in [2.45, 2.75) is 53.5 Å². The molecule has 1 amide bonds. The Morgan fingerprint density at radius 3 is 2.52 bits per heavy atom. The SMILES string of the molecule is CCCCN1CC(C(=O)NC(C(=O)OC)C(C)C)=CC(C)=C1C. The van der Waals surface area contributed by atoms with Gasteiger partial charge in [-0.25, -0.2) is 4.79 Å². The van der Waals surface area contributed by atoms with E-state index in [1.807, 2.05) is 26.8 Å². The van der Waals surface area contributed by atoms with Gasteiger partial charge in [0.2, 0.25) is 5.91 Å². The second-order valence-electron chi connectivity index (χ2n) is 6.43. The topological polar surface area (TPSA) is 58.6 Å². The standard InChI is InChI=1S/C18H30N2O3/c1-7-8-9-20-11-15(10-13(4)14(20)5)17(21)19-16(12(2)3)18(22)23-6/h10,12,16H,7-9,11H2,1-6H3,(H,19,21). The molecular weight excluding hydrogens is 292 g/mol. The molecule has 0 radical (unpaired) electrons. The van der Waals surface area contributed by atoms with E-state index in [1.54, 1.807) is 0 Å². The first-order valence-electron chi connectivity index (χ1n) is 8.33. The lowest BCUT2D eigenvalue weighted by atomic mass is 10.0. The van der Waals surface area contributed by atoms with Crippen molar-refractivity contribution in [1.82, 2.24) is 10.2 Å². The number of rotatable bonds is 7. The van der Waals surface area contributed by atoms with Crippen molar-refractivity contribution in [2.24, 2.45) is 5.92 Å². The van der Waals surface area contributed by atoms with Crippen LogP contribution in [0.4, 0.5) is 0 Å². The largest absolute Gasteiger partial charge is 0.467 e. The molecule has 0 spiro atoms. The highest BCUT2D eigenvalue weighted by Crippen LogP contribution is 2.21. The summed E-state index contributed by atoms with van der Waals surface area (Å²) in [6, 6.07) is -0.621. The summed E-state index contributed by atoms with van der Waals surface area (Å²) < 4.78 is 4.78. The van der Waals surface area contributed by atoms with Crippen molar-refractivity contribution in [1.29, 1.82) is 0 Å². The van der Waals surface area contributed by atoms with Crippen LogP contribution in [0, 0.1) is 5.92 Å². The lowest BCUT2D eigenvalue weighted by Gasteiger charge is -2.31. The lowest BCUT2D eigenvalue weighted by molar-refractivity contribution is -0.146. The van der Waals surface area contributed by atoms with Gasteiger partial charge < -0.3 is 15.0 Å². The van der Waals surface area contributed by atoms with E-state index in [0.29, 0.717) is 12.1 Å². The van der Waals surface area contributed by atoms with E-state index >= 15 is 0 Å². The molecule has 1 N–H and O–H groups in total. The highest BCUT2D eigenvalue weighted by molar-refractivity contribution is 5.97. The van der Waals surface area contributed by atoms with E-state index in [4.69, 9.17) is 4.74 Å². The fourth-order valence-electron chi connectivity index (χ4n) is 2.58. The number of nitrogens with zero attached hydrogens (tertiary/aromatic N) is 1. The maximum atomic E-state index is 12.6. The van der Waals surface area contributed by atoms with Gasteiger partial charge >= 0.3 is 5.97 Å². The summed E-state index contributed by atoms with van der Waals surface area (Å²) in [6.45, 7) is 11.6. The molecule has 0 aromatic carbocycles. The first kappa shape index (κ1) is 19.3. The summed E-state index contributed by atoms with van der Waals surface area (Å²) in [7, 11) is 1.34. The number of hydrogen-bond donors (Lipinski definition) is 1. The minimum atomic E-state index is -0.621. The monoisotopic (exact) mass is 322 g/mol. The molecule has 1 unspecified atom stereocenters. The van der Waals surface area contributed by atoms with Crippen LogP contribution < -0.4 is 5.32 Å². The Bertz CT molecular complexity index is 506. The summed E-state index contributed by atoms with van der Waals surface area (Å²) in [6.07, 6.45) is 4.13. The fourth-order valence-corrected chi connectivity index (χ4v) is 2.58. The van der Waals surface area contributed by atoms with E-state index in [9.17, 15) is 9.59 Å². The number of amides is 1. The predicted octanol–water partition coefficient (Wildman–Crippen LogP) is 2.64. The van der Waals surface area contributed by atoms with E-state index in [1.165, 1.54) is 12.8 Å². The normalized spacial score (nSPS) is 16.3. The zero-order valence-corrected chi connectivity index (χ0v) is 15.2. The molecule has 1 aliphatic heterocycles. The number of ether oxygens (including phenoxy) is 1. The van der Waals surface area contributed by atoms with E-state index in [0.717, 1.165) is 25.0 Å². The van der Waals surface area contributed by atoms with Crippen LogP contribution in [-0.4, -0.2) is 43.0 Å². The fraction of sp³-hybridized carbons (Fsp3) is 0.667. The average Bonchev–Trinajstić information content (AvgIpc) is 2.52. The lowest BCUT2D eigenvalue weighted by Crippen LogP contribution is -2.47. The molecule has 0 saturated carbocycles. The summed E-state index contributed by atoms with van der Waals surface area (Å²) in [5.41, 5.74) is 3.00. The number of carbonyl (C=O) groups is 2. The van der Waals surface area contributed by atoms with Crippen LogP contribution in [-0.2, 0) is 14.3 Å². The maximum absolute atomic E-state index is 12.6. The Balaban J connectivity index is 2.86. The van der Waals surface area contributed by atoms with Crippen molar-refractivity contribution in [3.63, 3.8) is 0 Å². The smallest absolute Gasteiger partial charge is 0.328 e. The third-order valence-electron chi connectivity index (χ3n) is 4.28. The van der Waals surface area contributed by atoms with Gasteiger partial charge in [0.1, 0.15) is 6.04 Å². The molecule has 0 aromatic heterocycles. The number of esters is 1. The first-order valence-corrected chi connectivity index (χ1v) is 8.33. The summed E-state index contributed by atoms with van der Waals surface area (Å²) in [5.74, 6) is -0.622. The summed E-state index contributed by atoms with van der Waals surface area (Å²) in [4.78, 5) is 26.6. The number of unbranched alkanes of at least 4 members (excludes halogenated alkanes) is 1. The Hall–Kier alpha value is -1.78. The molecule has 0 saturated heterocycles. The molecule has 5 heteroatoms. The number of methoxy groups -OCH3 is 1. The third kappa shape index (κ3) is 5.12. The highest BCUT2D eigenvalue weighted by atomic mass is 16.5. The van der Waals surface area contributed by atoms with Crippen molar-refractivity contribution in [2.75, 3.05) is 20.2 Å². The van der Waals surface area contributed by atoms with Gasteiger partial charge in [-0.3, -0.25) is 4.79 Å². The van der Waals surface area contributed by atoms with Crippen LogP contribution in [0.2, 0.25) is 0 Å². The molecule has 0 bridgehead atoms. The molecule has 1 heterocycles. The second-order valence-corrected chi connectivity index (χ2v) is 6.43. The van der Waals surface area contributed by atoms with Crippen LogP contribution in [0.3, 0.4) is 0 Å². The summed E-state index contributed by atoms with van der Waals surface area (Å²) in [5, 5.41) is 2.82. The molecule has 1 aliphatic rings. The van der Waals surface area contributed by atoms with Gasteiger partial charge in [0.15, 0.2) is 0 Å². The van der Waals surface area contributed by atoms with Crippen molar-refractivity contribution < 1.29 is 14.3 Å². The highest BCUT2D eigenvalue weighted by Gasteiger charge is 2.27. The van der Waals surface area contributed by atoms with Crippen LogP contribution >= 0.6 is 0 Å². The summed E-state index contributed by atoms with van der Waals surface area (Å²) >= 11 is 0. The van der Waals surface area contributed by atoms with Crippen molar-refractivity contribution in [3.05, 3.63) is 22.9 Å². The van der Waals surface area contributed by atoms with Gasteiger partial charge in [0, 0.05) is 24.4 Å². The van der Waals surface area contributed by atoms with Crippen LogP contribution in [0.1, 0.15) is 47.5 Å². The molecule has 5 nitrogen and oxygen atoms in total. The Kier molecular flexibility index (Phi) is 7.33. The van der Waals surface area contributed by atoms with Gasteiger partial charge in [-0.15, -0.1) is 0 Å². The molecule has 23 heavy (non-hydrogen) atoms.